The fourth-order valence-electron chi connectivity index (χ4n) is 8.14. The maximum atomic E-state index is 5.14. The molecule has 2 unspecified atom stereocenters. The van der Waals surface area contributed by atoms with Gasteiger partial charge >= 0.3 is 0 Å². The van der Waals surface area contributed by atoms with Crippen molar-refractivity contribution in [2.24, 2.45) is 11.0 Å². The number of anilines is 1. The number of nitrogens with zero attached hydrogens (tertiary/aromatic N) is 5. The quantitative estimate of drug-likeness (QED) is 0.120. The molecule has 0 saturated carbocycles. The van der Waals surface area contributed by atoms with Gasteiger partial charge in [-0.1, -0.05) is 100 Å². The van der Waals surface area contributed by atoms with Crippen LogP contribution < -0.4 is 5.01 Å². The predicted octanol–water partition coefficient (Wildman–Crippen LogP) is 11.3. The van der Waals surface area contributed by atoms with Gasteiger partial charge in [0.25, 0.3) is 0 Å². The van der Waals surface area contributed by atoms with Crippen LogP contribution in [0.15, 0.2) is 89.8 Å². The summed E-state index contributed by atoms with van der Waals surface area (Å²) in [6, 6.07) is 18.0. The lowest BCUT2D eigenvalue weighted by molar-refractivity contribution is 0.652. The number of hydrogen-bond donors (Lipinski definition) is 0. The molecule has 1 aliphatic heterocycles. The number of rotatable bonds is 13. The molecule has 1 aliphatic carbocycles. The maximum Gasteiger partial charge on any atom is 0.0822 e. The van der Waals surface area contributed by atoms with Gasteiger partial charge in [-0.05, 0) is 92.8 Å². The minimum atomic E-state index is 0.163. The van der Waals surface area contributed by atoms with Crippen LogP contribution in [-0.2, 0) is 6.42 Å². The Kier molecular flexibility index (Phi) is 9.39. The maximum absolute atomic E-state index is 5.14. The normalized spacial score (nSPS) is 17.2. The zero-order valence-corrected chi connectivity index (χ0v) is 29.5. The summed E-state index contributed by atoms with van der Waals surface area (Å²) in [4.78, 5) is 0. The minimum absolute atomic E-state index is 0.163. The van der Waals surface area contributed by atoms with E-state index in [-0.39, 0.29) is 12.0 Å². The first-order valence-corrected chi connectivity index (χ1v) is 18.4. The third-order valence-electron chi connectivity index (χ3n) is 10.6. The number of para-hydroxylation sites is 1. The first kappa shape index (κ1) is 32.2. The van der Waals surface area contributed by atoms with Crippen LogP contribution in [-0.4, -0.2) is 26.6 Å². The number of benzene rings is 3. The Balaban J connectivity index is 1.32. The summed E-state index contributed by atoms with van der Waals surface area (Å²) < 4.78 is 4.55. The molecule has 0 N–H and O–H groups in total. The molecule has 7 rings (SSSR count). The topological polar surface area (TPSA) is 38.4 Å². The molecular weight excluding hydrogens is 587 g/mol. The van der Waals surface area contributed by atoms with Crippen LogP contribution in [0.4, 0.5) is 5.69 Å². The lowest BCUT2D eigenvalue weighted by Gasteiger charge is -2.32. The van der Waals surface area contributed by atoms with Crippen LogP contribution in [0, 0.1) is 26.7 Å². The standard InChI is InChI=1S/C43H51N5/c1-6-8-10-12-16-33-20-22-39-36(26-33)28-44-47(39)42-30(3)41(46-25-24-35-18-14-15-19-38(35)46)31(4)43(32(42)5)48-40-23-21-34(17-13-11-9-7-2)27-37(40)29-45-48/h14-15,18-29,36,39H,6-13,16-17H2,1-5H3. The summed E-state index contributed by atoms with van der Waals surface area (Å²) in [5, 5.41) is 14.9. The van der Waals surface area contributed by atoms with E-state index in [1.165, 1.54) is 107 Å². The number of allylic oxidation sites excluding steroid dienone is 2. The highest BCUT2D eigenvalue weighted by atomic mass is 15.5. The van der Waals surface area contributed by atoms with Gasteiger partial charge in [0, 0.05) is 29.3 Å². The van der Waals surface area contributed by atoms with E-state index in [1.54, 1.807) is 0 Å². The summed E-state index contributed by atoms with van der Waals surface area (Å²) in [6.07, 6.45) is 26.2. The largest absolute Gasteiger partial charge is 0.316 e. The van der Waals surface area contributed by atoms with Gasteiger partial charge in [0.15, 0.2) is 0 Å². The van der Waals surface area contributed by atoms with E-state index in [1.807, 2.05) is 0 Å². The lowest BCUT2D eigenvalue weighted by atomic mass is 9.89. The van der Waals surface area contributed by atoms with Gasteiger partial charge in [-0.15, -0.1) is 0 Å². The van der Waals surface area contributed by atoms with Crippen molar-refractivity contribution in [3.63, 3.8) is 0 Å². The van der Waals surface area contributed by atoms with Crippen molar-refractivity contribution >= 4 is 33.7 Å². The highest BCUT2D eigenvalue weighted by molar-refractivity contribution is 5.88. The van der Waals surface area contributed by atoms with E-state index in [0.717, 1.165) is 24.0 Å². The van der Waals surface area contributed by atoms with Crippen molar-refractivity contribution in [2.75, 3.05) is 5.01 Å². The molecule has 248 valence electrons. The molecule has 3 heterocycles. The molecule has 48 heavy (non-hydrogen) atoms. The Morgan fingerprint density at radius 1 is 0.708 bits per heavy atom. The molecule has 2 aliphatic rings. The molecule has 0 saturated heterocycles. The van der Waals surface area contributed by atoms with Gasteiger partial charge < -0.3 is 4.57 Å². The van der Waals surface area contributed by atoms with E-state index >= 15 is 0 Å². The molecule has 5 aromatic rings. The Morgan fingerprint density at radius 3 is 2.27 bits per heavy atom. The SMILES string of the molecule is CCCCCCC1=CC2C=NN(c3c(C)c(-n4ccc5ccccc54)c(C)c(-n4ncc5cc(CCCCCC)ccc54)c3C)C2C=C1. The van der Waals surface area contributed by atoms with Gasteiger partial charge in [0.1, 0.15) is 0 Å². The number of hydrazone groups is 1. The highest BCUT2D eigenvalue weighted by Gasteiger charge is 2.34. The second-order valence-corrected chi connectivity index (χ2v) is 14.0. The molecule has 0 fully saturated rings. The predicted molar refractivity (Wildman–Crippen MR) is 204 cm³/mol. The number of unbranched alkanes of at least 4 members (excludes halogenated alkanes) is 6. The van der Waals surface area contributed by atoms with Crippen molar-refractivity contribution in [2.45, 2.75) is 105 Å². The summed E-state index contributed by atoms with van der Waals surface area (Å²) in [7, 11) is 0. The van der Waals surface area contributed by atoms with Crippen LogP contribution in [0.1, 0.15) is 93.9 Å². The first-order chi connectivity index (χ1) is 23.5. The molecule has 0 amide bonds. The second-order valence-electron chi connectivity index (χ2n) is 14.0. The van der Waals surface area contributed by atoms with Gasteiger partial charge in [-0.2, -0.15) is 10.2 Å². The summed E-state index contributed by atoms with van der Waals surface area (Å²) in [6.45, 7) is 11.4. The highest BCUT2D eigenvalue weighted by Crippen LogP contribution is 2.43. The number of aryl methyl sites for hydroxylation is 1. The zero-order valence-electron chi connectivity index (χ0n) is 29.5. The lowest BCUT2D eigenvalue weighted by Crippen LogP contribution is -2.32. The van der Waals surface area contributed by atoms with E-state index in [4.69, 9.17) is 10.2 Å². The van der Waals surface area contributed by atoms with Gasteiger partial charge in [0.2, 0.25) is 0 Å². The molecule has 5 heteroatoms. The first-order valence-electron chi connectivity index (χ1n) is 18.4. The molecule has 0 spiro atoms. The monoisotopic (exact) mass is 637 g/mol. The van der Waals surface area contributed by atoms with Gasteiger partial charge in [-0.3, -0.25) is 5.01 Å². The van der Waals surface area contributed by atoms with Crippen molar-refractivity contribution in [3.8, 4) is 11.4 Å². The van der Waals surface area contributed by atoms with Crippen LogP contribution in [0.5, 0.6) is 0 Å². The molecule has 2 atom stereocenters. The fourth-order valence-corrected chi connectivity index (χ4v) is 8.14. The van der Waals surface area contributed by atoms with E-state index < -0.39 is 0 Å². The number of fused-ring (bicyclic) bond motifs is 3. The van der Waals surface area contributed by atoms with Gasteiger partial charge in [-0.25, -0.2) is 4.68 Å². The van der Waals surface area contributed by atoms with Crippen molar-refractivity contribution in [1.29, 1.82) is 0 Å². The third kappa shape index (κ3) is 5.93. The molecular formula is C43H51N5. The third-order valence-corrected chi connectivity index (χ3v) is 10.6. The van der Waals surface area contributed by atoms with Crippen LogP contribution in [0.3, 0.4) is 0 Å². The van der Waals surface area contributed by atoms with E-state index in [9.17, 15) is 0 Å². The van der Waals surface area contributed by atoms with Crippen LogP contribution in [0.25, 0.3) is 33.2 Å². The smallest absolute Gasteiger partial charge is 0.0822 e. The Morgan fingerprint density at radius 2 is 1.46 bits per heavy atom. The van der Waals surface area contributed by atoms with Crippen molar-refractivity contribution in [3.05, 3.63) is 107 Å². The van der Waals surface area contributed by atoms with Crippen molar-refractivity contribution < 1.29 is 0 Å². The Labute approximate surface area is 286 Å². The Bertz CT molecular complexity index is 2020. The minimum Gasteiger partial charge on any atom is -0.316 e. The van der Waals surface area contributed by atoms with Gasteiger partial charge in [0.05, 0.1) is 40.3 Å². The number of hydrogen-bond acceptors (Lipinski definition) is 3. The van der Waals surface area contributed by atoms with Crippen LogP contribution in [0.2, 0.25) is 0 Å². The molecule has 0 bridgehead atoms. The molecule has 2 aromatic heterocycles. The van der Waals surface area contributed by atoms with Crippen molar-refractivity contribution in [1.82, 2.24) is 14.3 Å². The molecule has 3 aromatic carbocycles. The van der Waals surface area contributed by atoms with Crippen LogP contribution >= 0.6 is 0 Å². The summed E-state index contributed by atoms with van der Waals surface area (Å²) in [5.41, 5.74) is 12.4. The van der Waals surface area contributed by atoms with E-state index in [2.05, 4.69) is 134 Å². The number of aromatic nitrogens is 3. The fraction of sp³-hybridized carbons (Fsp3) is 0.395. The zero-order chi connectivity index (χ0) is 33.2. The Hall–Kier alpha value is -4.38. The average Bonchev–Trinajstić information content (AvgIpc) is 3.83. The second kappa shape index (κ2) is 14.0. The van der Waals surface area contributed by atoms with E-state index in [0.29, 0.717) is 0 Å². The average molecular weight is 638 g/mol. The molecule has 5 nitrogen and oxygen atoms in total. The summed E-state index contributed by atoms with van der Waals surface area (Å²) >= 11 is 0. The molecule has 0 radical (unpaired) electrons. The summed E-state index contributed by atoms with van der Waals surface area (Å²) in [5.74, 6) is 0.275.